The third kappa shape index (κ3) is 5.20. The topological polar surface area (TPSA) is 20.2 Å². The van der Waals surface area contributed by atoms with Crippen LogP contribution >= 0.6 is 0 Å². The molecule has 0 saturated heterocycles. The average Bonchev–Trinajstić information content (AvgIpc) is 2.17. The molecule has 0 aliphatic heterocycles. The van der Waals surface area contributed by atoms with E-state index in [4.69, 9.17) is 0 Å². The van der Waals surface area contributed by atoms with Crippen molar-refractivity contribution in [2.45, 2.75) is 59.0 Å². The summed E-state index contributed by atoms with van der Waals surface area (Å²) in [5.41, 5.74) is 3.28. The Morgan fingerprint density at radius 2 is 1.80 bits per heavy atom. The van der Waals surface area contributed by atoms with E-state index >= 15 is 0 Å². The standard InChI is InChI=1S/C14H24O/c1-14(2,3)11-7-10-13(15)12-8-5-4-6-9-12/h10-13,15H,4-6,8-9H2,1-3H3. The monoisotopic (exact) mass is 208 g/mol. The largest absolute Gasteiger partial charge is 0.388 e. The number of aliphatic hydroxyl groups is 1. The van der Waals surface area contributed by atoms with Gasteiger partial charge in [-0.2, -0.15) is 0 Å². The Morgan fingerprint density at radius 1 is 1.20 bits per heavy atom. The van der Waals surface area contributed by atoms with Crippen molar-refractivity contribution in [1.29, 1.82) is 0 Å². The molecule has 0 bridgehead atoms. The molecule has 0 spiro atoms. The molecule has 1 nitrogen and oxygen atoms in total. The van der Waals surface area contributed by atoms with E-state index in [9.17, 15) is 5.11 Å². The molecule has 1 aliphatic carbocycles. The van der Waals surface area contributed by atoms with Crippen molar-refractivity contribution in [2.24, 2.45) is 11.3 Å². The smallest absolute Gasteiger partial charge is 0.0822 e. The molecule has 1 atom stereocenters. The molecule has 0 amide bonds. The van der Waals surface area contributed by atoms with Gasteiger partial charge in [0, 0.05) is 0 Å². The normalized spacial score (nSPS) is 20.5. The second-order valence-corrected chi connectivity index (χ2v) is 5.73. The SMILES string of the molecule is CC(C)(C)C=C=CC(O)C1CCCCC1. The quantitative estimate of drug-likeness (QED) is 0.686. The highest BCUT2D eigenvalue weighted by Crippen LogP contribution is 2.26. The molecule has 86 valence electrons. The number of aliphatic hydroxyl groups excluding tert-OH is 1. The van der Waals surface area contributed by atoms with Crippen molar-refractivity contribution >= 4 is 0 Å². The van der Waals surface area contributed by atoms with Crippen molar-refractivity contribution in [3.05, 3.63) is 17.9 Å². The summed E-state index contributed by atoms with van der Waals surface area (Å²) in [6, 6.07) is 0. The first kappa shape index (κ1) is 12.5. The first-order chi connectivity index (χ1) is 6.99. The van der Waals surface area contributed by atoms with Crippen molar-refractivity contribution in [1.82, 2.24) is 0 Å². The Kier molecular flexibility index (Phi) is 4.63. The molecular weight excluding hydrogens is 184 g/mol. The zero-order valence-corrected chi connectivity index (χ0v) is 10.3. The lowest BCUT2D eigenvalue weighted by Gasteiger charge is -2.24. The van der Waals surface area contributed by atoms with Crippen LogP contribution in [0.25, 0.3) is 0 Å². The first-order valence-electron chi connectivity index (χ1n) is 6.11. The van der Waals surface area contributed by atoms with Gasteiger partial charge in [-0.25, -0.2) is 0 Å². The van der Waals surface area contributed by atoms with Gasteiger partial charge in [0.15, 0.2) is 0 Å². The van der Waals surface area contributed by atoms with Crippen LogP contribution in [0, 0.1) is 11.3 Å². The van der Waals surface area contributed by atoms with E-state index in [1.807, 2.05) is 12.2 Å². The molecule has 0 aromatic rings. The van der Waals surface area contributed by atoms with Crippen molar-refractivity contribution < 1.29 is 5.11 Å². The van der Waals surface area contributed by atoms with Gasteiger partial charge in [-0.05, 0) is 36.3 Å². The fraction of sp³-hybridized carbons (Fsp3) is 0.786. The van der Waals surface area contributed by atoms with Gasteiger partial charge >= 0.3 is 0 Å². The lowest BCUT2D eigenvalue weighted by atomic mass is 9.85. The Bertz CT molecular complexity index is 235. The second-order valence-electron chi connectivity index (χ2n) is 5.73. The van der Waals surface area contributed by atoms with E-state index in [1.165, 1.54) is 32.1 Å². The third-order valence-electron chi connectivity index (χ3n) is 2.92. The lowest BCUT2D eigenvalue weighted by Crippen LogP contribution is -2.20. The first-order valence-corrected chi connectivity index (χ1v) is 6.11. The molecule has 1 heteroatoms. The van der Waals surface area contributed by atoms with Crippen molar-refractivity contribution in [2.75, 3.05) is 0 Å². The van der Waals surface area contributed by atoms with Gasteiger partial charge in [-0.3, -0.25) is 0 Å². The number of hydrogen-bond donors (Lipinski definition) is 1. The molecule has 1 N–H and O–H groups in total. The highest BCUT2D eigenvalue weighted by Gasteiger charge is 2.19. The van der Waals surface area contributed by atoms with E-state index in [-0.39, 0.29) is 11.5 Å². The average molecular weight is 208 g/mol. The van der Waals surface area contributed by atoms with Gasteiger partial charge in [-0.1, -0.05) is 40.0 Å². The van der Waals surface area contributed by atoms with E-state index in [2.05, 4.69) is 26.5 Å². The van der Waals surface area contributed by atoms with Gasteiger partial charge in [0.05, 0.1) is 6.10 Å². The zero-order chi connectivity index (χ0) is 11.3. The third-order valence-corrected chi connectivity index (χ3v) is 2.92. The van der Waals surface area contributed by atoms with Crippen LogP contribution in [0.5, 0.6) is 0 Å². The highest BCUT2D eigenvalue weighted by molar-refractivity contribution is 4.97. The summed E-state index contributed by atoms with van der Waals surface area (Å²) in [5, 5.41) is 9.93. The van der Waals surface area contributed by atoms with Crippen LogP contribution in [-0.2, 0) is 0 Å². The minimum atomic E-state index is -0.288. The van der Waals surface area contributed by atoms with Crippen LogP contribution in [0.1, 0.15) is 52.9 Å². The summed E-state index contributed by atoms with van der Waals surface area (Å²) in [7, 11) is 0. The summed E-state index contributed by atoms with van der Waals surface area (Å²) >= 11 is 0. The van der Waals surface area contributed by atoms with E-state index in [0.29, 0.717) is 5.92 Å². The number of rotatable bonds is 2. The Labute approximate surface area is 93.9 Å². The molecule has 0 aromatic heterocycles. The molecule has 1 saturated carbocycles. The Morgan fingerprint density at radius 3 is 2.33 bits per heavy atom. The molecule has 1 rings (SSSR count). The van der Waals surface area contributed by atoms with Crippen molar-refractivity contribution in [3.63, 3.8) is 0 Å². The van der Waals surface area contributed by atoms with Gasteiger partial charge in [-0.15, -0.1) is 5.73 Å². The van der Waals surface area contributed by atoms with E-state index in [0.717, 1.165) is 0 Å². The predicted octanol–water partition coefficient (Wildman–Crippen LogP) is 3.69. The summed E-state index contributed by atoms with van der Waals surface area (Å²) in [4.78, 5) is 0. The molecule has 1 unspecified atom stereocenters. The Balaban J connectivity index is 2.46. The highest BCUT2D eigenvalue weighted by atomic mass is 16.3. The summed E-state index contributed by atoms with van der Waals surface area (Å²) < 4.78 is 0. The van der Waals surface area contributed by atoms with Gasteiger partial charge < -0.3 is 5.11 Å². The van der Waals surface area contributed by atoms with Crippen LogP contribution in [-0.4, -0.2) is 11.2 Å². The maximum Gasteiger partial charge on any atom is 0.0822 e. The summed E-state index contributed by atoms with van der Waals surface area (Å²) in [5.74, 6) is 0.472. The van der Waals surface area contributed by atoms with Gasteiger partial charge in [0.1, 0.15) is 0 Å². The second kappa shape index (κ2) is 5.53. The number of hydrogen-bond acceptors (Lipinski definition) is 1. The van der Waals surface area contributed by atoms with Crippen molar-refractivity contribution in [3.8, 4) is 0 Å². The lowest BCUT2D eigenvalue weighted by molar-refractivity contribution is 0.125. The molecule has 0 radical (unpaired) electrons. The molecule has 15 heavy (non-hydrogen) atoms. The maximum atomic E-state index is 9.93. The zero-order valence-electron chi connectivity index (χ0n) is 10.3. The molecule has 0 aromatic carbocycles. The van der Waals surface area contributed by atoms with Gasteiger partial charge in [0.25, 0.3) is 0 Å². The van der Waals surface area contributed by atoms with Crippen LogP contribution in [0.15, 0.2) is 17.9 Å². The van der Waals surface area contributed by atoms with Crippen LogP contribution in [0.4, 0.5) is 0 Å². The molecular formula is C14H24O. The fourth-order valence-electron chi connectivity index (χ4n) is 2.01. The van der Waals surface area contributed by atoms with Crippen LogP contribution < -0.4 is 0 Å². The Hall–Kier alpha value is -0.520. The molecule has 0 heterocycles. The predicted molar refractivity (Wildman–Crippen MR) is 64.7 cm³/mol. The van der Waals surface area contributed by atoms with Crippen LogP contribution in [0.3, 0.4) is 0 Å². The molecule has 1 aliphatic rings. The molecule has 1 fully saturated rings. The minimum Gasteiger partial charge on any atom is -0.388 e. The van der Waals surface area contributed by atoms with Gasteiger partial charge in [0.2, 0.25) is 0 Å². The fourth-order valence-corrected chi connectivity index (χ4v) is 2.01. The summed E-state index contributed by atoms with van der Waals surface area (Å²) in [6.07, 6.45) is 9.82. The summed E-state index contributed by atoms with van der Waals surface area (Å²) in [6.45, 7) is 6.42. The van der Waals surface area contributed by atoms with Crippen LogP contribution in [0.2, 0.25) is 0 Å². The van der Waals surface area contributed by atoms with E-state index < -0.39 is 0 Å². The minimum absolute atomic E-state index is 0.156. The van der Waals surface area contributed by atoms with E-state index in [1.54, 1.807) is 0 Å². The maximum absolute atomic E-state index is 9.93.